The zero-order valence-electron chi connectivity index (χ0n) is 11.5. The van der Waals surface area contributed by atoms with Gasteiger partial charge in [-0.1, -0.05) is 15.9 Å². The summed E-state index contributed by atoms with van der Waals surface area (Å²) >= 11 is 3.38. The number of carbonyl (C=O) groups excluding carboxylic acids is 1. The van der Waals surface area contributed by atoms with Crippen molar-refractivity contribution < 1.29 is 14.6 Å². The number of ether oxygens (including phenoxy) is 1. The molecule has 0 aromatic heterocycles. The first-order valence-electron chi connectivity index (χ1n) is 6.36. The first-order chi connectivity index (χ1) is 8.99. The van der Waals surface area contributed by atoms with Gasteiger partial charge in [-0.25, -0.2) is 0 Å². The molecule has 1 amide bonds. The molecule has 0 aliphatic rings. The van der Waals surface area contributed by atoms with E-state index in [0.717, 1.165) is 4.47 Å². The number of hydrogen-bond acceptors (Lipinski definition) is 3. The van der Waals surface area contributed by atoms with E-state index >= 15 is 0 Å². The van der Waals surface area contributed by atoms with E-state index in [0.29, 0.717) is 24.4 Å². The Balaban J connectivity index is 3.06. The lowest BCUT2D eigenvalue weighted by Gasteiger charge is -2.22. The van der Waals surface area contributed by atoms with Gasteiger partial charge < -0.3 is 14.7 Å². The predicted octanol–water partition coefficient (Wildman–Crippen LogP) is 2.69. The molecule has 1 aromatic carbocycles. The maximum Gasteiger partial charge on any atom is 0.257 e. The van der Waals surface area contributed by atoms with Gasteiger partial charge in [-0.3, -0.25) is 4.79 Å². The van der Waals surface area contributed by atoms with Gasteiger partial charge in [-0.15, -0.1) is 0 Å². The van der Waals surface area contributed by atoms with Crippen LogP contribution >= 0.6 is 15.9 Å². The highest BCUT2D eigenvalue weighted by Crippen LogP contribution is 2.26. The van der Waals surface area contributed by atoms with Gasteiger partial charge in [0.05, 0.1) is 18.3 Å². The normalized spacial score (nSPS) is 10.6. The van der Waals surface area contributed by atoms with Crippen molar-refractivity contribution in [1.29, 1.82) is 0 Å². The Morgan fingerprint density at radius 3 is 2.68 bits per heavy atom. The second kappa shape index (κ2) is 7.50. The van der Waals surface area contributed by atoms with Gasteiger partial charge in [0.25, 0.3) is 5.91 Å². The Kier molecular flexibility index (Phi) is 6.31. The molecule has 106 valence electrons. The summed E-state index contributed by atoms with van der Waals surface area (Å²) < 4.78 is 6.55. The number of amides is 1. The fourth-order valence-electron chi connectivity index (χ4n) is 1.72. The van der Waals surface area contributed by atoms with Gasteiger partial charge in [-0.2, -0.15) is 0 Å². The van der Waals surface area contributed by atoms with Crippen molar-refractivity contribution in [2.45, 2.75) is 26.9 Å². The van der Waals surface area contributed by atoms with E-state index in [2.05, 4.69) is 15.9 Å². The maximum absolute atomic E-state index is 12.4. The first kappa shape index (κ1) is 16.0. The van der Waals surface area contributed by atoms with Crippen LogP contribution in [0.2, 0.25) is 0 Å². The van der Waals surface area contributed by atoms with Crippen LogP contribution in [0, 0.1) is 0 Å². The lowest BCUT2D eigenvalue weighted by Crippen LogP contribution is -2.33. The van der Waals surface area contributed by atoms with E-state index in [1.165, 1.54) is 0 Å². The molecule has 0 fully saturated rings. The van der Waals surface area contributed by atoms with E-state index in [-0.39, 0.29) is 18.6 Å². The SMILES string of the molecule is CCN(CCO)C(=O)c1ccc(Br)cc1OC(C)C. The van der Waals surface area contributed by atoms with Crippen molar-refractivity contribution in [3.05, 3.63) is 28.2 Å². The molecule has 0 bridgehead atoms. The summed E-state index contributed by atoms with van der Waals surface area (Å²) in [6, 6.07) is 5.34. The van der Waals surface area contributed by atoms with Gasteiger partial charge in [0, 0.05) is 17.6 Å². The fraction of sp³-hybridized carbons (Fsp3) is 0.500. The van der Waals surface area contributed by atoms with Crippen LogP contribution < -0.4 is 4.74 Å². The van der Waals surface area contributed by atoms with E-state index in [1.807, 2.05) is 26.8 Å². The third-order valence-corrected chi connectivity index (χ3v) is 3.07. The van der Waals surface area contributed by atoms with Gasteiger partial charge in [0.1, 0.15) is 5.75 Å². The van der Waals surface area contributed by atoms with Crippen molar-refractivity contribution in [2.24, 2.45) is 0 Å². The number of benzene rings is 1. The molecule has 19 heavy (non-hydrogen) atoms. The van der Waals surface area contributed by atoms with Crippen molar-refractivity contribution in [3.8, 4) is 5.75 Å². The summed E-state index contributed by atoms with van der Waals surface area (Å²) in [5.41, 5.74) is 0.521. The average molecular weight is 330 g/mol. The lowest BCUT2D eigenvalue weighted by molar-refractivity contribution is 0.0726. The Hall–Kier alpha value is -1.07. The van der Waals surface area contributed by atoms with Crippen LogP contribution in [0.4, 0.5) is 0 Å². The zero-order valence-corrected chi connectivity index (χ0v) is 13.1. The zero-order chi connectivity index (χ0) is 14.4. The van der Waals surface area contributed by atoms with Crippen LogP contribution in [0.3, 0.4) is 0 Å². The van der Waals surface area contributed by atoms with Gasteiger partial charge >= 0.3 is 0 Å². The molecule has 0 saturated heterocycles. The summed E-state index contributed by atoms with van der Waals surface area (Å²) in [6.07, 6.45) is -0.00577. The Bertz CT molecular complexity index is 435. The van der Waals surface area contributed by atoms with Crippen molar-refractivity contribution in [1.82, 2.24) is 4.90 Å². The molecular weight excluding hydrogens is 310 g/mol. The molecule has 0 spiro atoms. The van der Waals surface area contributed by atoms with Crippen LogP contribution in [0.5, 0.6) is 5.75 Å². The second-order valence-electron chi connectivity index (χ2n) is 4.42. The predicted molar refractivity (Wildman–Crippen MR) is 78.6 cm³/mol. The quantitative estimate of drug-likeness (QED) is 0.872. The Labute approximate surface area is 122 Å². The topological polar surface area (TPSA) is 49.8 Å². The minimum absolute atomic E-state index is 0.00577. The Morgan fingerprint density at radius 2 is 2.16 bits per heavy atom. The van der Waals surface area contributed by atoms with Crippen molar-refractivity contribution in [2.75, 3.05) is 19.7 Å². The van der Waals surface area contributed by atoms with Crippen LogP contribution in [0.15, 0.2) is 22.7 Å². The number of hydrogen-bond donors (Lipinski definition) is 1. The molecule has 1 N–H and O–H groups in total. The third-order valence-electron chi connectivity index (χ3n) is 2.58. The number of halogens is 1. The van der Waals surface area contributed by atoms with Crippen LogP contribution in [0.1, 0.15) is 31.1 Å². The maximum atomic E-state index is 12.4. The molecule has 4 nitrogen and oxygen atoms in total. The number of aliphatic hydroxyl groups is 1. The molecule has 0 aliphatic heterocycles. The molecule has 1 aromatic rings. The van der Waals surface area contributed by atoms with Gasteiger partial charge in [0.15, 0.2) is 0 Å². The van der Waals surface area contributed by atoms with E-state index < -0.39 is 0 Å². The summed E-state index contributed by atoms with van der Waals surface area (Å²) in [7, 11) is 0. The van der Waals surface area contributed by atoms with E-state index in [4.69, 9.17) is 9.84 Å². The highest BCUT2D eigenvalue weighted by Gasteiger charge is 2.19. The molecule has 0 heterocycles. The fourth-order valence-corrected chi connectivity index (χ4v) is 2.06. The van der Waals surface area contributed by atoms with E-state index in [1.54, 1.807) is 17.0 Å². The van der Waals surface area contributed by atoms with Gasteiger partial charge in [0.2, 0.25) is 0 Å². The molecule has 0 saturated carbocycles. The summed E-state index contributed by atoms with van der Waals surface area (Å²) in [5, 5.41) is 8.99. The van der Waals surface area contributed by atoms with Crippen molar-refractivity contribution in [3.63, 3.8) is 0 Å². The summed E-state index contributed by atoms with van der Waals surface area (Å²) in [5.74, 6) is 0.436. The van der Waals surface area contributed by atoms with Crippen LogP contribution in [-0.4, -0.2) is 41.7 Å². The van der Waals surface area contributed by atoms with E-state index in [9.17, 15) is 4.79 Å². The number of nitrogens with zero attached hydrogens (tertiary/aromatic N) is 1. The third kappa shape index (κ3) is 4.51. The number of aliphatic hydroxyl groups excluding tert-OH is 1. The number of carbonyl (C=O) groups is 1. The summed E-state index contributed by atoms with van der Waals surface area (Å²) in [6.45, 7) is 6.55. The summed E-state index contributed by atoms with van der Waals surface area (Å²) in [4.78, 5) is 14.0. The Morgan fingerprint density at radius 1 is 1.47 bits per heavy atom. The van der Waals surface area contributed by atoms with Crippen LogP contribution in [0.25, 0.3) is 0 Å². The average Bonchev–Trinajstić information content (AvgIpc) is 2.34. The van der Waals surface area contributed by atoms with Crippen LogP contribution in [-0.2, 0) is 0 Å². The molecule has 1 rings (SSSR count). The highest BCUT2D eigenvalue weighted by atomic mass is 79.9. The van der Waals surface area contributed by atoms with Crippen molar-refractivity contribution >= 4 is 21.8 Å². The smallest absolute Gasteiger partial charge is 0.257 e. The molecule has 5 heteroatoms. The molecule has 0 atom stereocenters. The van der Waals surface area contributed by atoms with Gasteiger partial charge in [-0.05, 0) is 39.0 Å². The minimum atomic E-state index is -0.125. The first-order valence-corrected chi connectivity index (χ1v) is 7.15. The standard InChI is InChI=1S/C14H20BrNO3/c1-4-16(7-8-17)14(18)12-6-5-11(15)9-13(12)19-10(2)3/h5-6,9-10,17H,4,7-8H2,1-3H3. The molecule has 0 radical (unpaired) electrons. The molecular formula is C14H20BrNO3. The second-order valence-corrected chi connectivity index (χ2v) is 5.33. The molecule has 0 unspecified atom stereocenters. The minimum Gasteiger partial charge on any atom is -0.490 e. The number of likely N-dealkylation sites (N-methyl/N-ethyl adjacent to an activating group) is 1. The highest BCUT2D eigenvalue weighted by molar-refractivity contribution is 9.10. The number of rotatable bonds is 6. The monoisotopic (exact) mass is 329 g/mol. The lowest BCUT2D eigenvalue weighted by atomic mass is 10.1. The molecule has 0 aliphatic carbocycles. The largest absolute Gasteiger partial charge is 0.490 e.